The van der Waals surface area contributed by atoms with E-state index in [1.54, 1.807) is 13.0 Å². The summed E-state index contributed by atoms with van der Waals surface area (Å²) in [5.41, 5.74) is 5.78. The molecule has 0 aliphatic rings. The Bertz CT molecular complexity index is 349. The van der Waals surface area contributed by atoms with Crippen LogP contribution in [-0.4, -0.2) is 12.5 Å². The fourth-order valence-corrected chi connectivity index (χ4v) is 1.26. The van der Waals surface area contributed by atoms with E-state index in [1.807, 2.05) is 30.3 Å². The van der Waals surface area contributed by atoms with Crippen LogP contribution < -0.4 is 11.1 Å². The predicted molar refractivity (Wildman–Crippen MR) is 68.4 cm³/mol. The molecule has 1 aromatic carbocycles. The fourth-order valence-electron chi connectivity index (χ4n) is 1.26. The Morgan fingerprint density at radius 2 is 2.06 bits per heavy atom. The first-order chi connectivity index (χ1) is 7.09. The Kier molecular flexibility index (Phi) is 5.78. The largest absolute Gasteiger partial charge is 0.351 e. The van der Waals surface area contributed by atoms with E-state index in [-0.39, 0.29) is 18.3 Å². The minimum Gasteiger partial charge on any atom is -0.351 e. The Hall–Kier alpha value is -1.32. The van der Waals surface area contributed by atoms with Crippen molar-refractivity contribution >= 4 is 18.3 Å². The molecule has 1 rings (SSSR count). The van der Waals surface area contributed by atoms with Crippen LogP contribution in [0.25, 0.3) is 0 Å². The van der Waals surface area contributed by atoms with Gasteiger partial charge in [0.05, 0.1) is 0 Å². The molecule has 0 aromatic heterocycles. The zero-order valence-electron chi connectivity index (χ0n) is 9.27. The molecule has 0 bridgehead atoms. The highest BCUT2D eigenvalue weighted by atomic mass is 35.5. The van der Waals surface area contributed by atoms with E-state index in [0.29, 0.717) is 6.54 Å². The van der Waals surface area contributed by atoms with Crippen LogP contribution in [0, 0.1) is 0 Å². The van der Waals surface area contributed by atoms with E-state index in [9.17, 15) is 4.79 Å². The van der Waals surface area contributed by atoms with Gasteiger partial charge in [0, 0.05) is 6.54 Å². The number of rotatable bonds is 4. The van der Waals surface area contributed by atoms with Gasteiger partial charge in [-0.3, -0.25) is 4.79 Å². The Balaban J connectivity index is 0.00000225. The molecule has 1 unspecified atom stereocenters. The van der Waals surface area contributed by atoms with Crippen LogP contribution in [0.5, 0.6) is 0 Å². The van der Waals surface area contributed by atoms with Gasteiger partial charge in [0.15, 0.2) is 0 Å². The maximum absolute atomic E-state index is 11.7. The molecule has 0 aliphatic carbocycles. The van der Waals surface area contributed by atoms with Gasteiger partial charge in [-0.05, 0) is 12.5 Å². The van der Waals surface area contributed by atoms with Crippen LogP contribution in [0.2, 0.25) is 0 Å². The highest BCUT2D eigenvalue weighted by Crippen LogP contribution is 2.16. The van der Waals surface area contributed by atoms with Gasteiger partial charge in [-0.2, -0.15) is 0 Å². The highest BCUT2D eigenvalue weighted by molar-refractivity contribution is 5.87. The van der Waals surface area contributed by atoms with Crippen LogP contribution in [0.4, 0.5) is 0 Å². The number of carbonyl (C=O) groups is 1. The minimum atomic E-state index is -0.996. The number of hydrogen-bond acceptors (Lipinski definition) is 2. The third-order valence-electron chi connectivity index (χ3n) is 2.25. The molecule has 4 heteroatoms. The van der Waals surface area contributed by atoms with Crippen molar-refractivity contribution in [3.05, 3.63) is 48.6 Å². The van der Waals surface area contributed by atoms with E-state index < -0.39 is 5.54 Å². The Morgan fingerprint density at radius 1 is 1.50 bits per heavy atom. The molecule has 16 heavy (non-hydrogen) atoms. The van der Waals surface area contributed by atoms with Crippen LogP contribution in [0.3, 0.4) is 0 Å². The summed E-state index contributed by atoms with van der Waals surface area (Å²) in [6.07, 6.45) is 1.62. The molecule has 1 amide bonds. The third kappa shape index (κ3) is 3.36. The lowest BCUT2D eigenvalue weighted by Crippen LogP contribution is -2.49. The highest BCUT2D eigenvalue weighted by Gasteiger charge is 2.29. The van der Waals surface area contributed by atoms with Crippen molar-refractivity contribution in [2.75, 3.05) is 6.54 Å². The molecule has 1 aromatic rings. The van der Waals surface area contributed by atoms with Crippen LogP contribution >= 0.6 is 12.4 Å². The average molecular weight is 241 g/mol. The molecule has 0 fully saturated rings. The Labute approximate surface area is 102 Å². The fraction of sp³-hybridized carbons (Fsp3) is 0.250. The number of carbonyl (C=O) groups excluding carboxylic acids is 1. The van der Waals surface area contributed by atoms with Gasteiger partial charge in [-0.25, -0.2) is 0 Å². The first-order valence-electron chi connectivity index (χ1n) is 4.82. The van der Waals surface area contributed by atoms with Crippen molar-refractivity contribution in [2.45, 2.75) is 12.5 Å². The topological polar surface area (TPSA) is 55.1 Å². The normalized spacial score (nSPS) is 13.1. The van der Waals surface area contributed by atoms with Crippen molar-refractivity contribution in [3.8, 4) is 0 Å². The summed E-state index contributed by atoms with van der Waals surface area (Å²) < 4.78 is 0. The molecule has 3 nitrogen and oxygen atoms in total. The van der Waals surface area contributed by atoms with E-state index in [4.69, 9.17) is 5.73 Å². The molecule has 88 valence electrons. The van der Waals surface area contributed by atoms with Crippen LogP contribution in [0.1, 0.15) is 12.5 Å². The van der Waals surface area contributed by atoms with Gasteiger partial charge in [-0.1, -0.05) is 36.4 Å². The summed E-state index contributed by atoms with van der Waals surface area (Å²) in [6, 6.07) is 9.30. The third-order valence-corrected chi connectivity index (χ3v) is 2.25. The number of halogens is 1. The molecule has 0 radical (unpaired) electrons. The smallest absolute Gasteiger partial charge is 0.244 e. The summed E-state index contributed by atoms with van der Waals surface area (Å²) in [5, 5.41) is 2.69. The molecule has 0 spiro atoms. The van der Waals surface area contributed by atoms with Crippen molar-refractivity contribution in [1.82, 2.24) is 5.32 Å². The number of benzene rings is 1. The summed E-state index contributed by atoms with van der Waals surface area (Å²) in [6.45, 7) is 5.66. The van der Waals surface area contributed by atoms with Gasteiger partial charge in [0.2, 0.25) is 5.91 Å². The SMILES string of the molecule is C=CCNC(=O)C(C)(N)c1ccccc1.Cl. The lowest BCUT2D eigenvalue weighted by Gasteiger charge is -2.23. The molecule has 0 saturated heterocycles. The first-order valence-corrected chi connectivity index (χ1v) is 4.82. The maximum atomic E-state index is 11.7. The van der Waals surface area contributed by atoms with Gasteiger partial charge < -0.3 is 11.1 Å². The molecule has 0 heterocycles. The molecule has 3 N–H and O–H groups in total. The summed E-state index contributed by atoms with van der Waals surface area (Å²) >= 11 is 0. The van der Waals surface area contributed by atoms with Crippen molar-refractivity contribution in [3.63, 3.8) is 0 Å². The van der Waals surface area contributed by atoms with Crippen LogP contribution in [-0.2, 0) is 10.3 Å². The number of nitrogens with one attached hydrogen (secondary N) is 1. The van der Waals surface area contributed by atoms with E-state index in [0.717, 1.165) is 5.56 Å². The van der Waals surface area contributed by atoms with Crippen molar-refractivity contribution in [1.29, 1.82) is 0 Å². The van der Waals surface area contributed by atoms with Crippen molar-refractivity contribution in [2.24, 2.45) is 5.73 Å². The minimum absolute atomic E-state index is 0. The summed E-state index contributed by atoms with van der Waals surface area (Å²) in [5.74, 6) is -0.200. The maximum Gasteiger partial charge on any atom is 0.244 e. The zero-order valence-corrected chi connectivity index (χ0v) is 10.1. The summed E-state index contributed by atoms with van der Waals surface area (Å²) in [7, 11) is 0. The second-order valence-electron chi connectivity index (χ2n) is 3.57. The number of amides is 1. The summed E-state index contributed by atoms with van der Waals surface area (Å²) in [4.78, 5) is 11.7. The number of nitrogens with two attached hydrogens (primary N) is 1. The average Bonchev–Trinajstić information content (AvgIpc) is 2.27. The second-order valence-corrected chi connectivity index (χ2v) is 3.57. The standard InChI is InChI=1S/C12H16N2O.ClH/c1-3-9-14-11(15)12(2,13)10-7-5-4-6-8-10;/h3-8H,1,9,13H2,2H3,(H,14,15);1H. The molecule has 1 atom stereocenters. The van der Waals surface area contributed by atoms with E-state index in [2.05, 4.69) is 11.9 Å². The van der Waals surface area contributed by atoms with E-state index >= 15 is 0 Å². The molecule has 0 aliphatic heterocycles. The van der Waals surface area contributed by atoms with Crippen molar-refractivity contribution < 1.29 is 4.79 Å². The number of hydrogen-bond donors (Lipinski definition) is 2. The first kappa shape index (κ1) is 14.7. The lowest BCUT2D eigenvalue weighted by atomic mass is 9.92. The second kappa shape index (κ2) is 6.30. The van der Waals surface area contributed by atoms with Gasteiger partial charge in [0.25, 0.3) is 0 Å². The molecule has 0 saturated carbocycles. The zero-order chi connectivity index (χ0) is 11.3. The van der Waals surface area contributed by atoms with Crippen LogP contribution in [0.15, 0.2) is 43.0 Å². The van der Waals surface area contributed by atoms with E-state index in [1.165, 1.54) is 0 Å². The van der Waals surface area contributed by atoms with Gasteiger partial charge in [-0.15, -0.1) is 19.0 Å². The predicted octanol–water partition coefficient (Wildman–Crippen LogP) is 1.58. The van der Waals surface area contributed by atoms with Gasteiger partial charge >= 0.3 is 0 Å². The molecular weight excluding hydrogens is 224 g/mol. The molecular formula is C12H17ClN2O. The lowest BCUT2D eigenvalue weighted by molar-refractivity contribution is -0.125. The quantitative estimate of drug-likeness (QED) is 0.786. The van der Waals surface area contributed by atoms with Gasteiger partial charge in [0.1, 0.15) is 5.54 Å². The monoisotopic (exact) mass is 240 g/mol. The Morgan fingerprint density at radius 3 is 2.56 bits per heavy atom.